The number of rotatable bonds is 3. The molecule has 1 fully saturated rings. The summed E-state index contributed by atoms with van der Waals surface area (Å²) in [6.07, 6.45) is 2.44. The molecule has 2 heterocycles. The Hall–Kier alpha value is -2.30. The first kappa shape index (κ1) is 15.6. The van der Waals surface area contributed by atoms with Gasteiger partial charge in [0.05, 0.1) is 11.5 Å². The summed E-state index contributed by atoms with van der Waals surface area (Å²) in [5, 5.41) is 10.2. The first-order chi connectivity index (χ1) is 11.0. The quantitative estimate of drug-likeness (QED) is 0.947. The fourth-order valence-corrected chi connectivity index (χ4v) is 3.55. The van der Waals surface area contributed by atoms with Crippen molar-refractivity contribution in [3.8, 4) is 0 Å². The predicted molar refractivity (Wildman–Crippen MR) is 88.4 cm³/mol. The van der Waals surface area contributed by atoms with E-state index in [0.717, 1.165) is 17.4 Å². The van der Waals surface area contributed by atoms with Gasteiger partial charge in [0.25, 0.3) is 5.91 Å². The molecule has 23 heavy (non-hydrogen) atoms. The van der Waals surface area contributed by atoms with Gasteiger partial charge in [-0.1, -0.05) is 25.1 Å². The number of likely N-dealkylation sites (tertiary alicyclic amines) is 1. The highest BCUT2D eigenvalue weighted by molar-refractivity contribution is 6.07. The second-order valence-corrected chi connectivity index (χ2v) is 6.31. The van der Waals surface area contributed by atoms with Crippen LogP contribution >= 0.6 is 0 Å². The lowest BCUT2D eigenvalue weighted by Gasteiger charge is -2.34. The summed E-state index contributed by atoms with van der Waals surface area (Å²) in [4.78, 5) is 25.9. The summed E-state index contributed by atoms with van der Waals surface area (Å²) in [6.45, 7) is 5.78. The molecule has 0 aliphatic carbocycles. The van der Waals surface area contributed by atoms with Crippen LogP contribution in [0.1, 0.15) is 30.6 Å². The Morgan fingerprint density at radius 3 is 2.70 bits per heavy atom. The predicted octanol–water partition coefficient (Wildman–Crippen LogP) is 2.84. The van der Waals surface area contributed by atoms with Crippen LogP contribution in [0.4, 0.5) is 0 Å². The zero-order valence-corrected chi connectivity index (χ0v) is 13.5. The van der Waals surface area contributed by atoms with Crippen LogP contribution in [0.15, 0.2) is 30.5 Å². The van der Waals surface area contributed by atoms with Crippen molar-refractivity contribution in [2.45, 2.75) is 26.8 Å². The fourth-order valence-electron chi connectivity index (χ4n) is 3.55. The molecular weight excluding hydrogens is 292 g/mol. The molecule has 1 aliphatic heterocycles. The number of piperidine rings is 1. The molecule has 0 bridgehead atoms. The topological polar surface area (TPSA) is 62.5 Å². The molecule has 1 aromatic carbocycles. The molecule has 1 amide bonds. The van der Waals surface area contributed by atoms with Gasteiger partial charge in [0, 0.05) is 36.7 Å². The number of carboxylic acid groups (broad SMARTS) is 1. The lowest BCUT2D eigenvalue weighted by molar-refractivity contribution is -0.145. The monoisotopic (exact) mass is 314 g/mol. The van der Waals surface area contributed by atoms with Crippen molar-refractivity contribution < 1.29 is 14.7 Å². The van der Waals surface area contributed by atoms with E-state index >= 15 is 0 Å². The minimum atomic E-state index is -0.757. The van der Waals surface area contributed by atoms with Crippen molar-refractivity contribution in [3.05, 3.63) is 36.0 Å². The van der Waals surface area contributed by atoms with E-state index in [-0.39, 0.29) is 17.7 Å². The van der Waals surface area contributed by atoms with E-state index in [1.807, 2.05) is 37.4 Å². The van der Waals surface area contributed by atoms with Crippen LogP contribution in [-0.4, -0.2) is 39.5 Å². The molecule has 3 rings (SSSR count). The highest BCUT2D eigenvalue weighted by Gasteiger charge is 2.33. The Kier molecular flexibility index (Phi) is 4.11. The van der Waals surface area contributed by atoms with E-state index in [9.17, 15) is 14.7 Å². The van der Waals surface area contributed by atoms with Crippen molar-refractivity contribution in [3.63, 3.8) is 0 Å². The first-order valence-electron chi connectivity index (χ1n) is 8.12. The zero-order valence-electron chi connectivity index (χ0n) is 13.5. The van der Waals surface area contributed by atoms with Gasteiger partial charge >= 0.3 is 5.97 Å². The van der Waals surface area contributed by atoms with Crippen LogP contribution in [0, 0.1) is 11.8 Å². The Labute approximate surface area is 135 Å². The number of carboxylic acids is 1. The molecule has 5 nitrogen and oxygen atoms in total. The zero-order chi connectivity index (χ0) is 16.6. The van der Waals surface area contributed by atoms with Gasteiger partial charge in [-0.05, 0) is 25.3 Å². The number of aryl methyl sites for hydroxylation is 1. The van der Waals surface area contributed by atoms with Crippen LogP contribution in [0.2, 0.25) is 0 Å². The van der Waals surface area contributed by atoms with Crippen LogP contribution in [0.25, 0.3) is 10.9 Å². The van der Waals surface area contributed by atoms with Gasteiger partial charge in [-0.15, -0.1) is 0 Å². The van der Waals surface area contributed by atoms with Crippen LogP contribution < -0.4 is 0 Å². The minimum Gasteiger partial charge on any atom is -0.481 e. The van der Waals surface area contributed by atoms with E-state index in [4.69, 9.17) is 0 Å². The lowest BCUT2D eigenvalue weighted by atomic mass is 9.87. The lowest BCUT2D eigenvalue weighted by Crippen LogP contribution is -2.44. The Balaban J connectivity index is 1.88. The van der Waals surface area contributed by atoms with Gasteiger partial charge in [0.2, 0.25) is 0 Å². The van der Waals surface area contributed by atoms with Gasteiger partial charge in [-0.25, -0.2) is 0 Å². The van der Waals surface area contributed by atoms with Gasteiger partial charge < -0.3 is 14.6 Å². The highest BCUT2D eigenvalue weighted by Crippen LogP contribution is 2.27. The number of amides is 1. The molecule has 2 atom stereocenters. The molecule has 0 spiro atoms. The average molecular weight is 314 g/mol. The maximum Gasteiger partial charge on any atom is 0.306 e. The maximum absolute atomic E-state index is 12.9. The summed E-state index contributed by atoms with van der Waals surface area (Å²) < 4.78 is 2.08. The van der Waals surface area contributed by atoms with Crippen LogP contribution in [0.3, 0.4) is 0 Å². The van der Waals surface area contributed by atoms with E-state index < -0.39 is 5.97 Å². The third-order valence-electron chi connectivity index (χ3n) is 4.87. The van der Waals surface area contributed by atoms with Gasteiger partial charge in [-0.2, -0.15) is 0 Å². The number of hydrogen-bond acceptors (Lipinski definition) is 2. The number of hydrogen-bond donors (Lipinski definition) is 1. The summed E-state index contributed by atoms with van der Waals surface area (Å²) in [6, 6.07) is 7.92. The molecule has 2 unspecified atom stereocenters. The second kappa shape index (κ2) is 6.07. The molecule has 1 saturated heterocycles. The largest absolute Gasteiger partial charge is 0.481 e. The fraction of sp³-hybridized carbons (Fsp3) is 0.444. The van der Waals surface area contributed by atoms with Crippen molar-refractivity contribution in [2.24, 2.45) is 11.8 Å². The highest BCUT2D eigenvalue weighted by atomic mass is 16.4. The number of fused-ring (bicyclic) bond motifs is 1. The number of para-hydroxylation sites is 1. The normalized spacial score (nSPS) is 21.6. The van der Waals surface area contributed by atoms with Crippen molar-refractivity contribution in [2.75, 3.05) is 13.1 Å². The van der Waals surface area contributed by atoms with E-state index in [1.54, 1.807) is 4.90 Å². The maximum atomic E-state index is 12.9. The Morgan fingerprint density at radius 1 is 1.30 bits per heavy atom. The van der Waals surface area contributed by atoms with E-state index in [2.05, 4.69) is 11.5 Å². The van der Waals surface area contributed by atoms with Crippen molar-refractivity contribution in [1.29, 1.82) is 0 Å². The molecule has 0 radical (unpaired) electrons. The van der Waals surface area contributed by atoms with Gasteiger partial charge in [-0.3, -0.25) is 9.59 Å². The summed E-state index contributed by atoms with van der Waals surface area (Å²) in [7, 11) is 0. The number of aliphatic carboxylic acids is 1. The van der Waals surface area contributed by atoms with E-state index in [0.29, 0.717) is 25.1 Å². The van der Waals surface area contributed by atoms with E-state index in [1.165, 1.54) is 0 Å². The van der Waals surface area contributed by atoms with Crippen molar-refractivity contribution >= 4 is 22.8 Å². The molecule has 1 aromatic heterocycles. The summed E-state index contributed by atoms with van der Waals surface area (Å²) >= 11 is 0. The molecule has 122 valence electrons. The molecule has 5 heteroatoms. The molecule has 1 aliphatic rings. The third-order valence-corrected chi connectivity index (χ3v) is 4.87. The number of benzene rings is 1. The third kappa shape index (κ3) is 2.71. The standard InChI is InChI=1S/C18H22N2O3/c1-3-19-11-15(14-6-4-5-7-16(14)19)17(21)20-9-8-13(18(22)23)12(2)10-20/h4-7,11-13H,3,8-10H2,1-2H3,(H,22,23). The van der Waals surface area contributed by atoms with Gasteiger partial charge in [0.1, 0.15) is 0 Å². The van der Waals surface area contributed by atoms with Crippen LogP contribution in [0.5, 0.6) is 0 Å². The molecule has 2 aromatic rings. The smallest absolute Gasteiger partial charge is 0.306 e. The minimum absolute atomic E-state index is 0.00379. The van der Waals surface area contributed by atoms with Gasteiger partial charge in [0.15, 0.2) is 0 Å². The van der Waals surface area contributed by atoms with Crippen LogP contribution in [-0.2, 0) is 11.3 Å². The molecular formula is C18H22N2O3. The molecule has 0 saturated carbocycles. The average Bonchev–Trinajstić information content (AvgIpc) is 2.92. The Morgan fingerprint density at radius 2 is 2.04 bits per heavy atom. The number of aromatic nitrogens is 1. The number of carbonyl (C=O) groups excluding carboxylic acids is 1. The summed E-state index contributed by atoms with van der Waals surface area (Å²) in [5.41, 5.74) is 1.77. The first-order valence-corrected chi connectivity index (χ1v) is 8.12. The number of nitrogens with zero attached hydrogens (tertiary/aromatic N) is 2. The SMILES string of the molecule is CCn1cc(C(=O)N2CCC(C(=O)O)C(C)C2)c2ccccc21. The van der Waals surface area contributed by atoms with Crippen molar-refractivity contribution in [1.82, 2.24) is 9.47 Å². The molecule has 1 N–H and O–H groups in total. The number of carbonyl (C=O) groups is 2. The Bertz CT molecular complexity index is 750. The second-order valence-electron chi connectivity index (χ2n) is 6.31. The summed E-state index contributed by atoms with van der Waals surface area (Å²) in [5.74, 6) is -1.13.